The molecule has 2 amide bonds. The summed E-state index contributed by atoms with van der Waals surface area (Å²) in [6, 6.07) is 5.81. The first-order valence-corrected chi connectivity index (χ1v) is 7.69. The van der Waals surface area contributed by atoms with Crippen molar-refractivity contribution in [1.82, 2.24) is 10.6 Å². The Morgan fingerprint density at radius 3 is 2.25 bits per heavy atom. The highest BCUT2D eigenvalue weighted by Gasteiger charge is 2.22. The number of ether oxygens (including phenoxy) is 1. The fourth-order valence-electron chi connectivity index (χ4n) is 1.77. The number of alkyl carbamates (subject to hydrolysis) is 1. The smallest absolute Gasteiger partial charge is 0.407 e. The summed E-state index contributed by atoms with van der Waals surface area (Å²) in [6.45, 7) is 9.12. The highest BCUT2D eigenvalue weighted by molar-refractivity contribution is 5.92. The number of amides is 2. The van der Waals surface area contributed by atoms with Crippen LogP contribution in [0.3, 0.4) is 0 Å². The SMILES string of the molecule is CC(C)(CNC(=O)OC(C)(C)C)NC(=O)C=Cc1ccc(F)cc1. The monoisotopic (exact) mass is 336 g/mol. The van der Waals surface area contributed by atoms with Crippen molar-refractivity contribution in [3.05, 3.63) is 41.7 Å². The van der Waals surface area contributed by atoms with E-state index in [1.807, 2.05) is 0 Å². The number of hydrogen-bond donors (Lipinski definition) is 2. The third kappa shape index (κ3) is 8.31. The number of rotatable bonds is 5. The lowest BCUT2D eigenvalue weighted by Crippen LogP contribution is -2.51. The number of carbonyl (C=O) groups is 2. The van der Waals surface area contributed by atoms with E-state index in [4.69, 9.17) is 4.74 Å². The zero-order chi connectivity index (χ0) is 18.4. The van der Waals surface area contributed by atoms with E-state index in [1.165, 1.54) is 18.2 Å². The van der Waals surface area contributed by atoms with Crippen molar-refractivity contribution in [2.24, 2.45) is 0 Å². The van der Waals surface area contributed by atoms with E-state index in [0.29, 0.717) is 0 Å². The van der Waals surface area contributed by atoms with Crippen LogP contribution in [-0.4, -0.2) is 29.7 Å². The number of nitrogens with one attached hydrogen (secondary N) is 2. The van der Waals surface area contributed by atoms with Crippen LogP contribution in [0, 0.1) is 5.82 Å². The van der Waals surface area contributed by atoms with Crippen molar-refractivity contribution in [3.63, 3.8) is 0 Å². The van der Waals surface area contributed by atoms with E-state index in [9.17, 15) is 14.0 Å². The predicted molar refractivity (Wildman–Crippen MR) is 91.9 cm³/mol. The first-order valence-electron chi connectivity index (χ1n) is 7.69. The maximum absolute atomic E-state index is 12.8. The molecule has 0 saturated carbocycles. The molecule has 0 radical (unpaired) electrons. The van der Waals surface area contributed by atoms with Gasteiger partial charge in [0.25, 0.3) is 0 Å². The van der Waals surface area contributed by atoms with Crippen LogP contribution in [0.4, 0.5) is 9.18 Å². The van der Waals surface area contributed by atoms with Crippen LogP contribution in [0.15, 0.2) is 30.3 Å². The fourth-order valence-corrected chi connectivity index (χ4v) is 1.77. The topological polar surface area (TPSA) is 67.4 Å². The van der Waals surface area contributed by atoms with Crippen LogP contribution in [0.2, 0.25) is 0 Å². The molecule has 2 N–H and O–H groups in total. The molecule has 0 saturated heterocycles. The molecule has 0 aliphatic heterocycles. The number of halogens is 1. The number of benzene rings is 1. The quantitative estimate of drug-likeness (QED) is 0.811. The summed E-state index contributed by atoms with van der Waals surface area (Å²) in [5.41, 5.74) is -0.507. The molecule has 0 aliphatic rings. The van der Waals surface area contributed by atoms with Gasteiger partial charge in [-0.3, -0.25) is 4.79 Å². The Morgan fingerprint density at radius 2 is 1.71 bits per heavy atom. The third-order valence-electron chi connectivity index (χ3n) is 2.83. The fraction of sp³-hybridized carbons (Fsp3) is 0.444. The molecular weight excluding hydrogens is 311 g/mol. The van der Waals surface area contributed by atoms with Gasteiger partial charge in [0, 0.05) is 12.6 Å². The Morgan fingerprint density at radius 1 is 1.12 bits per heavy atom. The summed E-state index contributed by atoms with van der Waals surface area (Å²) in [5, 5.41) is 5.41. The summed E-state index contributed by atoms with van der Waals surface area (Å²) >= 11 is 0. The van der Waals surface area contributed by atoms with Gasteiger partial charge >= 0.3 is 6.09 Å². The zero-order valence-electron chi connectivity index (χ0n) is 14.8. The van der Waals surface area contributed by atoms with Gasteiger partial charge in [-0.15, -0.1) is 0 Å². The van der Waals surface area contributed by atoms with Crippen molar-refractivity contribution >= 4 is 18.1 Å². The van der Waals surface area contributed by atoms with Crippen molar-refractivity contribution in [2.45, 2.75) is 45.8 Å². The van der Waals surface area contributed by atoms with Gasteiger partial charge in [-0.05, 0) is 58.4 Å². The lowest BCUT2D eigenvalue weighted by Gasteiger charge is -2.27. The van der Waals surface area contributed by atoms with Crippen molar-refractivity contribution < 1.29 is 18.7 Å². The molecule has 0 heterocycles. The standard InChI is InChI=1S/C18H25FN2O3/c1-17(2,3)24-16(23)20-12-18(4,5)21-15(22)11-8-13-6-9-14(19)10-7-13/h6-11H,12H2,1-5H3,(H,20,23)(H,21,22). The average Bonchev–Trinajstić information content (AvgIpc) is 2.42. The largest absolute Gasteiger partial charge is 0.444 e. The zero-order valence-corrected chi connectivity index (χ0v) is 14.8. The lowest BCUT2D eigenvalue weighted by atomic mass is 10.1. The Kier molecular flexibility index (Phi) is 6.51. The first-order chi connectivity index (χ1) is 11.0. The van der Waals surface area contributed by atoms with Crippen LogP contribution in [-0.2, 0) is 9.53 Å². The molecule has 6 heteroatoms. The van der Waals surface area contributed by atoms with E-state index in [2.05, 4.69) is 10.6 Å². The number of carbonyl (C=O) groups excluding carboxylic acids is 2. The Labute approximate surface area is 142 Å². The molecule has 5 nitrogen and oxygen atoms in total. The second-order valence-corrected chi connectivity index (χ2v) is 7.11. The lowest BCUT2D eigenvalue weighted by molar-refractivity contribution is -0.117. The maximum atomic E-state index is 12.8. The van der Waals surface area contributed by atoms with Crippen molar-refractivity contribution in [1.29, 1.82) is 0 Å². The van der Waals surface area contributed by atoms with Gasteiger partial charge in [0.1, 0.15) is 11.4 Å². The molecule has 0 atom stereocenters. The molecule has 132 valence electrons. The normalized spacial score (nSPS) is 12.1. The minimum Gasteiger partial charge on any atom is -0.444 e. The molecule has 1 rings (SSSR count). The molecule has 0 spiro atoms. The first kappa shape index (κ1) is 19.7. The molecule has 0 aliphatic carbocycles. The van der Waals surface area contributed by atoms with Gasteiger partial charge < -0.3 is 15.4 Å². The van der Waals surface area contributed by atoms with E-state index in [1.54, 1.807) is 52.8 Å². The Hall–Kier alpha value is -2.37. The predicted octanol–water partition coefficient (Wildman–Crippen LogP) is 3.26. The van der Waals surface area contributed by atoms with Crippen LogP contribution < -0.4 is 10.6 Å². The molecule has 1 aromatic rings. The Bertz CT molecular complexity index is 602. The van der Waals surface area contributed by atoms with E-state index in [0.717, 1.165) is 5.56 Å². The second kappa shape index (κ2) is 7.95. The second-order valence-electron chi connectivity index (χ2n) is 7.11. The third-order valence-corrected chi connectivity index (χ3v) is 2.83. The van der Waals surface area contributed by atoms with Gasteiger partial charge in [0.2, 0.25) is 5.91 Å². The highest BCUT2D eigenvalue weighted by Crippen LogP contribution is 2.08. The van der Waals surface area contributed by atoms with Gasteiger partial charge in [-0.2, -0.15) is 0 Å². The van der Waals surface area contributed by atoms with Crippen LogP contribution in [0.5, 0.6) is 0 Å². The number of hydrogen-bond acceptors (Lipinski definition) is 3. The molecular formula is C18H25FN2O3. The van der Waals surface area contributed by atoms with Crippen LogP contribution >= 0.6 is 0 Å². The molecule has 1 aromatic carbocycles. The summed E-state index contributed by atoms with van der Waals surface area (Å²) in [4.78, 5) is 23.6. The van der Waals surface area contributed by atoms with E-state index >= 15 is 0 Å². The van der Waals surface area contributed by atoms with Crippen LogP contribution in [0.25, 0.3) is 6.08 Å². The maximum Gasteiger partial charge on any atom is 0.407 e. The molecule has 0 bridgehead atoms. The van der Waals surface area contributed by atoms with Gasteiger partial charge in [-0.1, -0.05) is 12.1 Å². The van der Waals surface area contributed by atoms with Gasteiger partial charge in [-0.25, -0.2) is 9.18 Å². The van der Waals surface area contributed by atoms with E-state index in [-0.39, 0.29) is 18.3 Å². The molecule has 0 fully saturated rings. The summed E-state index contributed by atoms with van der Waals surface area (Å²) < 4.78 is 18.0. The summed E-state index contributed by atoms with van der Waals surface area (Å²) in [7, 11) is 0. The van der Waals surface area contributed by atoms with Gasteiger partial charge in [0.05, 0.1) is 5.54 Å². The summed E-state index contributed by atoms with van der Waals surface area (Å²) in [6.07, 6.45) is 2.42. The van der Waals surface area contributed by atoms with Crippen LogP contribution in [0.1, 0.15) is 40.2 Å². The molecule has 0 aromatic heterocycles. The average molecular weight is 336 g/mol. The molecule has 24 heavy (non-hydrogen) atoms. The highest BCUT2D eigenvalue weighted by atomic mass is 19.1. The minimum absolute atomic E-state index is 0.220. The minimum atomic E-state index is -0.652. The van der Waals surface area contributed by atoms with E-state index < -0.39 is 17.2 Å². The Balaban J connectivity index is 2.49. The van der Waals surface area contributed by atoms with Crippen molar-refractivity contribution in [3.8, 4) is 0 Å². The van der Waals surface area contributed by atoms with Gasteiger partial charge in [0.15, 0.2) is 0 Å². The van der Waals surface area contributed by atoms with Crippen molar-refractivity contribution in [2.75, 3.05) is 6.54 Å². The molecule has 0 unspecified atom stereocenters. The summed E-state index contributed by atoms with van der Waals surface area (Å²) in [5.74, 6) is -0.638.